The van der Waals surface area contributed by atoms with E-state index in [1.54, 1.807) is 41.4 Å². The lowest BCUT2D eigenvalue weighted by atomic mass is 9.98. The van der Waals surface area contributed by atoms with Crippen molar-refractivity contribution in [2.45, 2.75) is 17.1 Å². The number of aryl methyl sites for hydroxylation is 1. The van der Waals surface area contributed by atoms with Gasteiger partial charge < -0.3 is 5.32 Å². The van der Waals surface area contributed by atoms with Crippen molar-refractivity contribution in [1.82, 2.24) is 24.5 Å². The second kappa shape index (κ2) is 8.01. The SMILES string of the molecule is Cn1nnnc1-c1cccc(NC(=O)[C@@H]2CCCN(S(=O)(=O)c3cccs3)C2)c1. The Labute approximate surface area is 172 Å². The van der Waals surface area contributed by atoms with E-state index in [4.69, 9.17) is 0 Å². The van der Waals surface area contributed by atoms with Crippen LogP contribution in [0.1, 0.15) is 12.8 Å². The molecule has 1 amide bonds. The summed E-state index contributed by atoms with van der Waals surface area (Å²) in [6.45, 7) is 0.609. The number of tetrazole rings is 1. The molecule has 1 aliphatic rings. The summed E-state index contributed by atoms with van der Waals surface area (Å²) in [6.07, 6.45) is 1.29. The number of thiophene rings is 1. The van der Waals surface area contributed by atoms with Gasteiger partial charge in [0, 0.05) is 31.4 Å². The fourth-order valence-electron chi connectivity index (χ4n) is 3.37. The third-order valence-electron chi connectivity index (χ3n) is 4.85. The van der Waals surface area contributed by atoms with Gasteiger partial charge in [0.05, 0.1) is 5.92 Å². The van der Waals surface area contributed by atoms with Gasteiger partial charge >= 0.3 is 0 Å². The summed E-state index contributed by atoms with van der Waals surface area (Å²) in [7, 11) is -1.81. The average molecular weight is 433 g/mol. The van der Waals surface area contributed by atoms with Crippen molar-refractivity contribution in [1.29, 1.82) is 0 Å². The van der Waals surface area contributed by atoms with E-state index >= 15 is 0 Å². The summed E-state index contributed by atoms with van der Waals surface area (Å²) in [5, 5.41) is 16.1. The molecule has 1 aromatic carbocycles. The van der Waals surface area contributed by atoms with Crippen LogP contribution in [0.3, 0.4) is 0 Å². The number of piperidine rings is 1. The molecule has 3 aromatic rings. The Morgan fingerprint density at radius 3 is 2.86 bits per heavy atom. The molecule has 0 aliphatic carbocycles. The van der Waals surface area contributed by atoms with Gasteiger partial charge in [0.2, 0.25) is 5.91 Å². The highest BCUT2D eigenvalue weighted by Gasteiger charge is 2.33. The Hall–Kier alpha value is -2.63. The molecule has 152 valence electrons. The minimum absolute atomic E-state index is 0.180. The first-order chi connectivity index (χ1) is 13.9. The molecule has 0 unspecified atom stereocenters. The van der Waals surface area contributed by atoms with Crippen LogP contribution in [0.4, 0.5) is 5.69 Å². The van der Waals surface area contributed by atoms with Gasteiger partial charge in [-0.2, -0.15) is 4.31 Å². The van der Waals surface area contributed by atoms with E-state index in [2.05, 4.69) is 20.8 Å². The maximum absolute atomic E-state index is 12.8. The molecule has 0 bridgehead atoms. The highest BCUT2D eigenvalue weighted by Crippen LogP contribution is 2.27. The summed E-state index contributed by atoms with van der Waals surface area (Å²) in [5.74, 6) is -0.00469. The Balaban J connectivity index is 1.47. The fraction of sp³-hybridized carbons (Fsp3) is 0.333. The molecule has 29 heavy (non-hydrogen) atoms. The zero-order valence-corrected chi connectivity index (χ0v) is 17.4. The van der Waals surface area contributed by atoms with Crippen molar-refractivity contribution in [3.05, 3.63) is 41.8 Å². The fourth-order valence-corrected chi connectivity index (χ4v) is 6.03. The van der Waals surface area contributed by atoms with Gasteiger partial charge in [0.1, 0.15) is 4.21 Å². The van der Waals surface area contributed by atoms with Crippen LogP contribution < -0.4 is 5.32 Å². The minimum Gasteiger partial charge on any atom is -0.326 e. The van der Waals surface area contributed by atoms with Crippen molar-refractivity contribution in [2.24, 2.45) is 13.0 Å². The second-order valence-corrected chi connectivity index (χ2v) is 9.94. The van der Waals surface area contributed by atoms with Gasteiger partial charge in [0.25, 0.3) is 10.0 Å². The smallest absolute Gasteiger partial charge is 0.252 e. The largest absolute Gasteiger partial charge is 0.326 e. The second-order valence-electron chi connectivity index (χ2n) is 6.83. The van der Waals surface area contributed by atoms with Crippen LogP contribution in [-0.4, -0.2) is 51.9 Å². The Kier molecular flexibility index (Phi) is 5.43. The molecule has 0 spiro atoms. The number of benzene rings is 1. The first-order valence-electron chi connectivity index (χ1n) is 9.12. The van der Waals surface area contributed by atoms with Gasteiger partial charge in [-0.1, -0.05) is 18.2 Å². The maximum Gasteiger partial charge on any atom is 0.252 e. The molecule has 0 radical (unpaired) electrons. The summed E-state index contributed by atoms with van der Waals surface area (Å²) in [5.41, 5.74) is 1.40. The molecule has 9 nitrogen and oxygen atoms in total. The average Bonchev–Trinajstić information content (AvgIpc) is 3.40. The number of nitrogens with zero attached hydrogens (tertiary/aromatic N) is 5. The van der Waals surface area contributed by atoms with Crippen LogP contribution in [0.5, 0.6) is 0 Å². The number of rotatable bonds is 5. The molecule has 2 aromatic heterocycles. The molecule has 1 aliphatic heterocycles. The van der Waals surface area contributed by atoms with Crippen LogP contribution in [0, 0.1) is 5.92 Å². The van der Waals surface area contributed by atoms with Gasteiger partial charge in [-0.15, -0.1) is 16.4 Å². The molecular formula is C18H20N6O3S2. The highest BCUT2D eigenvalue weighted by molar-refractivity contribution is 7.91. The zero-order chi connectivity index (χ0) is 20.4. The van der Waals surface area contributed by atoms with E-state index in [9.17, 15) is 13.2 Å². The summed E-state index contributed by atoms with van der Waals surface area (Å²) < 4.78 is 28.8. The van der Waals surface area contributed by atoms with Crippen molar-refractivity contribution in [3.8, 4) is 11.4 Å². The minimum atomic E-state index is -3.55. The third kappa shape index (κ3) is 4.07. The lowest BCUT2D eigenvalue weighted by molar-refractivity contribution is -0.120. The molecule has 1 N–H and O–H groups in total. The van der Waals surface area contributed by atoms with Crippen molar-refractivity contribution in [3.63, 3.8) is 0 Å². The number of sulfonamides is 1. The Morgan fingerprint density at radius 1 is 1.28 bits per heavy atom. The summed E-state index contributed by atoms with van der Waals surface area (Å²) >= 11 is 1.19. The van der Waals surface area contributed by atoms with Gasteiger partial charge in [-0.3, -0.25) is 4.79 Å². The number of hydrogen-bond acceptors (Lipinski definition) is 7. The number of carbonyl (C=O) groups excluding carboxylic acids is 1. The Bertz CT molecular complexity index is 1110. The predicted molar refractivity (Wildman–Crippen MR) is 109 cm³/mol. The normalized spacial score (nSPS) is 17.9. The van der Waals surface area contributed by atoms with E-state index in [1.807, 2.05) is 12.1 Å². The van der Waals surface area contributed by atoms with Crippen LogP contribution in [0.25, 0.3) is 11.4 Å². The van der Waals surface area contributed by atoms with Crippen LogP contribution >= 0.6 is 11.3 Å². The number of nitrogens with one attached hydrogen (secondary N) is 1. The quantitative estimate of drug-likeness (QED) is 0.660. The number of anilines is 1. The van der Waals surface area contributed by atoms with E-state index in [-0.39, 0.29) is 12.5 Å². The lowest BCUT2D eigenvalue weighted by Gasteiger charge is -2.30. The van der Waals surface area contributed by atoms with Gasteiger partial charge in [0.15, 0.2) is 5.82 Å². The number of hydrogen-bond donors (Lipinski definition) is 1. The monoisotopic (exact) mass is 432 g/mol. The zero-order valence-electron chi connectivity index (χ0n) is 15.7. The molecule has 11 heteroatoms. The Morgan fingerprint density at radius 2 is 2.14 bits per heavy atom. The molecule has 1 fully saturated rings. The van der Waals surface area contributed by atoms with E-state index in [0.29, 0.717) is 35.1 Å². The topological polar surface area (TPSA) is 110 Å². The predicted octanol–water partition coefficient (Wildman–Crippen LogP) is 1.98. The summed E-state index contributed by atoms with van der Waals surface area (Å²) in [4.78, 5) is 12.8. The molecule has 1 atom stereocenters. The summed E-state index contributed by atoms with van der Waals surface area (Å²) in [6, 6.07) is 10.6. The highest BCUT2D eigenvalue weighted by atomic mass is 32.2. The van der Waals surface area contributed by atoms with E-state index in [1.165, 1.54) is 15.6 Å². The molecule has 3 heterocycles. The van der Waals surface area contributed by atoms with E-state index in [0.717, 1.165) is 5.56 Å². The van der Waals surface area contributed by atoms with Crippen molar-refractivity contribution in [2.75, 3.05) is 18.4 Å². The first-order valence-corrected chi connectivity index (χ1v) is 11.4. The third-order valence-corrected chi connectivity index (χ3v) is 8.09. The van der Waals surface area contributed by atoms with E-state index < -0.39 is 15.9 Å². The molecule has 4 rings (SSSR count). The van der Waals surface area contributed by atoms with Gasteiger partial charge in [-0.05, 0) is 46.8 Å². The molecule has 0 saturated carbocycles. The molecular weight excluding hydrogens is 412 g/mol. The van der Waals surface area contributed by atoms with Gasteiger partial charge in [-0.25, -0.2) is 13.1 Å². The van der Waals surface area contributed by atoms with Crippen LogP contribution in [0.15, 0.2) is 46.0 Å². The van der Waals surface area contributed by atoms with Crippen molar-refractivity contribution < 1.29 is 13.2 Å². The lowest BCUT2D eigenvalue weighted by Crippen LogP contribution is -2.43. The van der Waals surface area contributed by atoms with Crippen molar-refractivity contribution >= 4 is 33.0 Å². The standard InChI is InChI=1S/C18H20N6O3S2/c1-23-17(20-21-22-23)13-5-2-7-15(11-13)19-18(25)14-6-3-9-24(12-14)29(26,27)16-8-4-10-28-16/h2,4-5,7-8,10-11,14H,3,6,9,12H2,1H3,(H,19,25)/t14-/m1/s1. The molecule has 1 saturated heterocycles. The number of aromatic nitrogens is 4. The first kappa shape index (κ1) is 19.7. The number of carbonyl (C=O) groups is 1. The number of amides is 1. The maximum atomic E-state index is 12.8. The van der Waals surface area contributed by atoms with Crippen LogP contribution in [0.2, 0.25) is 0 Å². The van der Waals surface area contributed by atoms with Crippen LogP contribution in [-0.2, 0) is 21.9 Å².